The maximum atomic E-state index is 5.14. The van der Waals surface area contributed by atoms with E-state index in [0.717, 1.165) is 4.90 Å². The van der Waals surface area contributed by atoms with Crippen LogP contribution in [0.1, 0.15) is 31.9 Å². The van der Waals surface area contributed by atoms with Crippen LogP contribution >= 0.6 is 12.6 Å². The molecule has 1 radical (unpaired) electrons. The van der Waals surface area contributed by atoms with E-state index in [1.165, 1.54) is 11.1 Å². The molecule has 0 aliphatic rings. The molecule has 0 nitrogen and oxygen atoms in total. The second-order valence-electron chi connectivity index (χ2n) is 4.23. The van der Waals surface area contributed by atoms with Crippen molar-refractivity contribution in [1.29, 1.82) is 0 Å². The molecule has 1 rings (SSSR count). The Morgan fingerprint density at radius 1 is 1.17 bits per heavy atom. The maximum Gasteiger partial charge on any atom is 0.0406 e. The molecule has 0 amide bonds. The SMILES string of the molecule is Cc1cc(C(C)(C)C)ccc1[S]. The van der Waals surface area contributed by atoms with Gasteiger partial charge in [0.1, 0.15) is 0 Å². The van der Waals surface area contributed by atoms with E-state index in [-0.39, 0.29) is 5.41 Å². The van der Waals surface area contributed by atoms with E-state index in [2.05, 4.69) is 39.8 Å². The molecule has 0 atom stereocenters. The molecule has 0 bridgehead atoms. The average molecular weight is 179 g/mol. The molecule has 0 saturated carbocycles. The predicted octanol–water partition coefficient (Wildman–Crippen LogP) is 3.85. The number of benzene rings is 1. The lowest BCUT2D eigenvalue weighted by Gasteiger charge is -2.19. The monoisotopic (exact) mass is 179 g/mol. The van der Waals surface area contributed by atoms with Crippen molar-refractivity contribution in [3.8, 4) is 0 Å². The number of hydrogen-bond donors (Lipinski definition) is 0. The number of aryl methyl sites for hydroxylation is 1. The van der Waals surface area contributed by atoms with E-state index in [0.29, 0.717) is 0 Å². The quantitative estimate of drug-likeness (QED) is 0.567. The molecular formula is C11H15S. The van der Waals surface area contributed by atoms with Crippen LogP contribution in [-0.4, -0.2) is 0 Å². The van der Waals surface area contributed by atoms with Gasteiger partial charge in [-0.2, -0.15) is 0 Å². The average Bonchev–Trinajstić information content (AvgIpc) is 1.92. The highest BCUT2D eigenvalue weighted by molar-refractivity contribution is 7.80. The minimum atomic E-state index is 0.230. The fourth-order valence-corrected chi connectivity index (χ4v) is 1.24. The Balaban J connectivity index is 3.14. The molecule has 65 valence electrons. The molecule has 0 aliphatic carbocycles. The highest BCUT2D eigenvalue weighted by Gasteiger charge is 2.13. The summed E-state index contributed by atoms with van der Waals surface area (Å²) >= 11 is 5.14. The molecule has 0 N–H and O–H groups in total. The van der Waals surface area contributed by atoms with Crippen molar-refractivity contribution in [2.45, 2.75) is 38.0 Å². The van der Waals surface area contributed by atoms with Gasteiger partial charge < -0.3 is 0 Å². The van der Waals surface area contributed by atoms with Crippen molar-refractivity contribution < 1.29 is 0 Å². The molecule has 0 fully saturated rings. The van der Waals surface area contributed by atoms with Crippen LogP contribution in [0.15, 0.2) is 23.1 Å². The van der Waals surface area contributed by atoms with Gasteiger partial charge >= 0.3 is 0 Å². The third-order valence-electron chi connectivity index (χ3n) is 2.04. The zero-order chi connectivity index (χ0) is 9.35. The highest BCUT2D eigenvalue weighted by atomic mass is 32.1. The van der Waals surface area contributed by atoms with Gasteiger partial charge in [-0.25, -0.2) is 0 Å². The van der Waals surface area contributed by atoms with E-state index in [1.807, 2.05) is 6.07 Å². The van der Waals surface area contributed by atoms with Crippen LogP contribution in [0.5, 0.6) is 0 Å². The van der Waals surface area contributed by atoms with E-state index in [1.54, 1.807) is 0 Å². The second-order valence-corrected chi connectivity index (χ2v) is 4.67. The van der Waals surface area contributed by atoms with E-state index < -0.39 is 0 Å². The van der Waals surface area contributed by atoms with Gasteiger partial charge in [-0.05, 0) is 29.5 Å². The standard InChI is InChI=1S/C11H15S/c1-8-7-9(11(2,3)4)5-6-10(8)12/h5-7H,1-4H3. The highest BCUT2D eigenvalue weighted by Crippen LogP contribution is 2.25. The summed E-state index contributed by atoms with van der Waals surface area (Å²) in [5, 5.41) is 0. The largest absolute Gasteiger partial charge is 0.0798 e. The second kappa shape index (κ2) is 3.06. The first-order valence-electron chi connectivity index (χ1n) is 4.19. The Kier molecular flexibility index (Phi) is 2.43. The predicted molar refractivity (Wildman–Crippen MR) is 55.7 cm³/mol. The Morgan fingerprint density at radius 2 is 1.75 bits per heavy atom. The topological polar surface area (TPSA) is 0 Å². The van der Waals surface area contributed by atoms with E-state index in [4.69, 9.17) is 12.6 Å². The van der Waals surface area contributed by atoms with Gasteiger partial charge in [0, 0.05) is 4.90 Å². The molecular weight excluding hydrogens is 164 g/mol. The van der Waals surface area contributed by atoms with Crippen LogP contribution in [0, 0.1) is 6.92 Å². The molecule has 0 unspecified atom stereocenters. The van der Waals surface area contributed by atoms with Crippen LogP contribution in [0.2, 0.25) is 0 Å². The number of hydrogen-bond acceptors (Lipinski definition) is 0. The third kappa shape index (κ3) is 1.98. The van der Waals surface area contributed by atoms with Gasteiger partial charge in [0.15, 0.2) is 0 Å². The molecule has 0 spiro atoms. The van der Waals surface area contributed by atoms with Crippen molar-refractivity contribution in [2.24, 2.45) is 0 Å². The zero-order valence-corrected chi connectivity index (χ0v) is 8.96. The van der Waals surface area contributed by atoms with Gasteiger partial charge in [0.25, 0.3) is 0 Å². The van der Waals surface area contributed by atoms with Crippen molar-refractivity contribution in [1.82, 2.24) is 0 Å². The molecule has 1 aromatic rings. The molecule has 0 aliphatic heterocycles. The maximum absolute atomic E-state index is 5.14. The normalized spacial score (nSPS) is 11.7. The summed E-state index contributed by atoms with van der Waals surface area (Å²) in [5.74, 6) is 0. The molecule has 12 heavy (non-hydrogen) atoms. The first-order chi connectivity index (χ1) is 5.41. The fourth-order valence-electron chi connectivity index (χ4n) is 1.12. The van der Waals surface area contributed by atoms with Crippen LogP contribution in [0.4, 0.5) is 0 Å². The Bertz CT molecular complexity index is 282. The fraction of sp³-hybridized carbons (Fsp3) is 0.455. The van der Waals surface area contributed by atoms with Crippen LogP contribution in [0.25, 0.3) is 0 Å². The minimum Gasteiger partial charge on any atom is -0.0798 e. The molecule has 0 saturated heterocycles. The number of rotatable bonds is 0. The van der Waals surface area contributed by atoms with Crippen molar-refractivity contribution >= 4 is 12.6 Å². The third-order valence-corrected chi connectivity index (χ3v) is 2.50. The molecule has 1 aromatic carbocycles. The first-order valence-corrected chi connectivity index (χ1v) is 4.60. The molecule has 0 heterocycles. The molecule has 1 heteroatoms. The van der Waals surface area contributed by atoms with Crippen molar-refractivity contribution in [2.75, 3.05) is 0 Å². The lowest BCUT2D eigenvalue weighted by molar-refractivity contribution is 0.589. The zero-order valence-electron chi connectivity index (χ0n) is 8.14. The summed E-state index contributed by atoms with van der Waals surface area (Å²) in [6.45, 7) is 8.71. The van der Waals surface area contributed by atoms with E-state index in [9.17, 15) is 0 Å². The Hall–Kier alpha value is -0.560. The van der Waals surface area contributed by atoms with Gasteiger partial charge in [0.05, 0.1) is 0 Å². The van der Waals surface area contributed by atoms with Crippen molar-refractivity contribution in [3.63, 3.8) is 0 Å². The summed E-state index contributed by atoms with van der Waals surface area (Å²) in [5.41, 5.74) is 2.79. The molecule has 0 aromatic heterocycles. The lowest BCUT2D eigenvalue weighted by Crippen LogP contribution is -2.10. The van der Waals surface area contributed by atoms with Gasteiger partial charge in [-0.1, -0.05) is 45.5 Å². The summed E-state index contributed by atoms with van der Waals surface area (Å²) in [6, 6.07) is 6.32. The van der Waals surface area contributed by atoms with Crippen LogP contribution in [0.3, 0.4) is 0 Å². The Labute approximate surface area is 80.4 Å². The van der Waals surface area contributed by atoms with Crippen molar-refractivity contribution in [3.05, 3.63) is 29.3 Å². The summed E-state index contributed by atoms with van der Waals surface area (Å²) < 4.78 is 0. The minimum absolute atomic E-state index is 0.230. The Morgan fingerprint density at radius 3 is 2.17 bits per heavy atom. The van der Waals surface area contributed by atoms with Crippen LogP contribution in [-0.2, 0) is 5.41 Å². The van der Waals surface area contributed by atoms with Crippen LogP contribution < -0.4 is 0 Å². The van der Waals surface area contributed by atoms with Gasteiger partial charge in [0.2, 0.25) is 0 Å². The van der Waals surface area contributed by atoms with Gasteiger partial charge in [-0.3, -0.25) is 0 Å². The van der Waals surface area contributed by atoms with Gasteiger partial charge in [-0.15, -0.1) is 0 Å². The summed E-state index contributed by atoms with van der Waals surface area (Å²) in [4.78, 5) is 0.961. The summed E-state index contributed by atoms with van der Waals surface area (Å²) in [6.07, 6.45) is 0. The lowest BCUT2D eigenvalue weighted by atomic mass is 9.86. The first kappa shape index (κ1) is 9.53. The van der Waals surface area contributed by atoms with E-state index >= 15 is 0 Å². The summed E-state index contributed by atoms with van der Waals surface area (Å²) in [7, 11) is 0. The smallest absolute Gasteiger partial charge is 0.0406 e.